The summed E-state index contributed by atoms with van der Waals surface area (Å²) in [5.74, 6) is -0.132. The number of halogens is 2. The molecule has 3 aromatic rings. The van der Waals surface area contributed by atoms with Gasteiger partial charge in [-0.1, -0.05) is 47.5 Å². The molecule has 1 aliphatic heterocycles. The SMILES string of the molecule is Cn1cc(-c2cc(Cl)c(C(=O)N3CCc4ccccc4C3)c(Cl)c2)cn1. The predicted octanol–water partition coefficient (Wildman–Crippen LogP) is 4.59. The number of hydrogen-bond acceptors (Lipinski definition) is 2. The lowest BCUT2D eigenvalue weighted by Gasteiger charge is -2.29. The van der Waals surface area contributed by atoms with E-state index in [4.69, 9.17) is 23.2 Å². The molecule has 0 saturated carbocycles. The molecule has 0 spiro atoms. The van der Waals surface area contributed by atoms with E-state index in [1.54, 1.807) is 27.9 Å². The third-order valence-electron chi connectivity index (χ3n) is 4.71. The summed E-state index contributed by atoms with van der Waals surface area (Å²) in [7, 11) is 1.85. The van der Waals surface area contributed by atoms with E-state index in [0.717, 1.165) is 17.5 Å². The van der Waals surface area contributed by atoms with Gasteiger partial charge in [0.15, 0.2) is 0 Å². The third kappa shape index (κ3) is 3.11. The summed E-state index contributed by atoms with van der Waals surface area (Å²) in [5, 5.41) is 4.88. The Kier molecular flexibility index (Phi) is 4.47. The Morgan fingerprint density at radius 2 is 1.77 bits per heavy atom. The lowest BCUT2D eigenvalue weighted by molar-refractivity contribution is 0.0735. The van der Waals surface area contributed by atoms with Crippen LogP contribution in [0.25, 0.3) is 11.1 Å². The number of carbonyl (C=O) groups is 1. The highest BCUT2D eigenvalue weighted by Crippen LogP contribution is 2.33. The monoisotopic (exact) mass is 385 g/mol. The summed E-state index contributed by atoms with van der Waals surface area (Å²) >= 11 is 12.9. The number of amides is 1. The molecule has 0 fully saturated rings. The Hall–Kier alpha value is -2.30. The molecule has 0 radical (unpaired) electrons. The van der Waals surface area contributed by atoms with Crippen molar-refractivity contribution in [2.75, 3.05) is 6.54 Å². The minimum absolute atomic E-state index is 0.132. The molecule has 4 rings (SSSR count). The molecule has 0 bridgehead atoms. The highest BCUT2D eigenvalue weighted by atomic mass is 35.5. The van der Waals surface area contributed by atoms with Crippen molar-refractivity contribution >= 4 is 29.1 Å². The van der Waals surface area contributed by atoms with Crippen LogP contribution in [0.2, 0.25) is 10.0 Å². The molecule has 1 amide bonds. The van der Waals surface area contributed by atoms with E-state index in [9.17, 15) is 4.79 Å². The summed E-state index contributed by atoms with van der Waals surface area (Å²) in [6, 6.07) is 11.7. The number of aryl methyl sites for hydroxylation is 1. The fraction of sp³-hybridized carbons (Fsp3) is 0.200. The Morgan fingerprint density at radius 3 is 2.42 bits per heavy atom. The van der Waals surface area contributed by atoms with Crippen LogP contribution >= 0.6 is 23.2 Å². The van der Waals surface area contributed by atoms with Crippen molar-refractivity contribution in [1.82, 2.24) is 14.7 Å². The Balaban J connectivity index is 1.64. The predicted molar refractivity (Wildman–Crippen MR) is 104 cm³/mol. The maximum Gasteiger partial charge on any atom is 0.257 e. The molecule has 2 heterocycles. The van der Waals surface area contributed by atoms with E-state index in [0.29, 0.717) is 28.7 Å². The molecule has 132 valence electrons. The molecule has 0 aliphatic carbocycles. The van der Waals surface area contributed by atoms with E-state index in [2.05, 4.69) is 17.2 Å². The van der Waals surface area contributed by atoms with Crippen LogP contribution in [0.4, 0.5) is 0 Å². The number of nitrogens with zero attached hydrogens (tertiary/aromatic N) is 3. The van der Waals surface area contributed by atoms with Crippen LogP contribution in [0.15, 0.2) is 48.8 Å². The van der Waals surface area contributed by atoms with Gasteiger partial charge in [0.2, 0.25) is 0 Å². The molecule has 0 saturated heterocycles. The first-order valence-electron chi connectivity index (χ1n) is 8.37. The van der Waals surface area contributed by atoms with Crippen LogP contribution in [0.5, 0.6) is 0 Å². The van der Waals surface area contributed by atoms with Gasteiger partial charge in [-0.2, -0.15) is 5.10 Å². The molecule has 0 unspecified atom stereocenters. The van der Waals surface area contributed by atoms with Crippen molar-refractivity contribution in [3.8, 4) is 11.1 Å². The lowest BCUT2D eigenvalue weighted by atomic mass is 9.99. The maximum atomic E-state index is 13.0. The first kappa shape index (κ1) is 17.1. The summed E-state index contributed by atoms with van der Waals surface area (Å²) in [6.07, 6.45) is 4.46. The fourth-order valence-corrected chi connectivity index (χ4v) is 3.99. The van der Waals surface area contributed by atoms with Crippen LogP contribution in [-0.2, 0) is 20.0 Å². The van der Waals surface area contributed by atoms with Crippen LogP contribution in [0.3, 0.4) is 0 Å². The third-order valence-corrected chi connectivity index (χ3v) is 5.31. The van der Waals surface area contributed by atoms with Gasteiger partial charge in [0.05, 0.1) is 21.8 Å². The molecule has 6 heteroatoms. The van der Waals surface area contributed by atoms with Crippen molar-refractivity contribution < 1.29 is 4.79 Å². The first-order chi connectivity index (χ1) is 12.5. The molecule has 1 aromatic heterocycles. The average molecular weight is 386 g/mol. The van der Waals surface area contributed by atoms with Gasteiger partial charge < -0.3 is 4.90 Å². The van der Waals surface area contributed by atoms with Gasteiger partial charge in [-0.15, -0.1) is 0 Å². The zero-order valence-corrected chi connectivity index (χ0v) is 15.8. The minimum atomic E-state index is -0.132. The van der Waals surface area contributed by atoms with Gasteiger partial charge in [-0.3, -0.25) is 9.48 Å². The Bertz CT molecular complexity index is 973. The number of carbonyl (C=O) groups excluding carboxylic acids is 1. The molecular weight excluding hydrogens is 369 g/mol. The van der Waals surface area contributed by atoms with Gasteiger partial charge >= 0.3 is 0 Å². The highest BCUT2D eigenvalue weighted by Gasteiger charge is 2.25. The van der Waals surface area contributed by atoms with Crippen molar-refractivity contribution in [2.24, 2.45) is 7.05 Å². The maximum absolute atomic E-state index is 13.0. The number of fused-ring (bicyclic) bond motifs is 1. The van der Waals surface area contributed by atoms with Crippen molar-refractivity contribution in [3.05, 3.63) is 75.5 Å². The summed E-state index contributed by atoms with van der Waals surface area (Å²) in [6.45, 7) is 1.24. The molecule has 0 N–H and O–H groups in total. The second-order valence-corrected chi connectivity index (χ2v) is 7.28. The highest BCUT2D eigenvalue weighted by molar-refractivity contribution is 6.40. The Labute approximate surface area is 161 Å². The van der Waals surface area contributed by atoms with Crippen LogP contribution in [0, 0.1) is 0 Å². The zero-order valence-electron chi connectivity index (χ0n) is 14.2. The second kappa shape index (κ2) is 6.78. The van der Waals surface area contributed by atoms with Crippen molar-refractivity contribution in [3.63, 3.8) is 0 Å². The first-order valence-corrected chi connectivity index (χ1v) is 9.12. The molecule has 2 aromatic carbocycles. The van der Waals surface area contributed by atoms with Crippen LogP contribution < -0.4 is 0 Å². The van der Waals surface area contributed by atoms with Gasteiger partial charge in [0, 0.05) is 31.9 Å². The van der Waals surface area contributed by atoms with Gasteiger partial charge in [-0.25, -0.2) is 0 Å². The molecule has 4 nitrogen and oxygen atoms in total. The normalized spacial score (nSPS) is 13.6. The number of hydrogen-bond donors (Lipinski definition) is 0. The van der Waals surface area contributed by atoms with Crippen molar-refractivity contribution in [1.29, 1.82) is 0 Å². The minimum Gasteiger partial charge on any atom is -0.334 e. The number of rotatable bonds is 2. The quantitative estimate of drug-likeness (QED) is 0.646. The Morgan fingerprint density at radius 1 is 1.08 bits per heavy atom. The summed E-state index contributed by atoms with van der Waals surface area (Å²) in [5.41, 5.74) is 4.57. The van der Waals surface area contributed by atoms with E-state index in [1.165, 1.54) is 11.1 Å². The average Bonchev–Trinajstić information content (AvgIpc) is 3.07. The van der Waals surface area contributed by atoms with Crippen molar-refractivity contribution in [2.45, 2.75) is 13.0 Å². The number of aromatic nitrogens is 2. The second-order valence-electron chi connectivity index (χ2n) is 6.46. The topological polar surface area (TPSA) is 38.1 Å². The van der Waals surface area contributed by atoms with Gasteiger partial charge in [0.25, 0.3) is 5.91 Å². The standard InChI is InChI=1S/C20H17Cl2N3O/c1-24-11-16(10-23-24)15-8-17(21)19(18(22)9-15)20(26)25-7-6-13-4-2-3-5-14(13)12-25/h2-5,8-11H,6-7,12H2,1H3. The summed E-state index contributed by atoms with van der Waals surface area (Å²) < 4.78 is 1.71. The smallest absolute Gasteiger partial charge is 0.257 e. The fourth-order valence-electron chi connectivity index (χ4n) is 3.34. The lowest BCUT2D eigenvalue weighted by Crippen LogP contribution is -2.36. The van der Waals surface area contributed by atoms with E-state index < -0.39 is 0 Å². The summed E-state index contributed by atoms with van der Waals surface area (Å²) in [4.78, 5) is 14.8. The van der Waals surface area contributed by atoms with Gasteiger partial charge in [-0.05, 0) is 35.2 Å². The molecule has 0 atom stereocenters. The molecule has 26 heavy (non-hydrogen) atoms. The van der Waals surface area contributed by atoms with Crippen LogP contribution in [0.1, 0.15) is 21.5 Å². The van der Waals surface area contributed by atoms with E-state index in [-0.39, 0.29) is 5.91 Å². The molecular formula is C20H17Cl2N3O. The zero-order chi connectivity index (χ0) is 18.3. The van der Waals surface area contributed by atoms with E-state index >= 15 is 0 Å². The van der Waals surface area contributed by atoms with Gasteiger partial charge in [0.1, 0.15) is 0 Å². The van der Waals surface area contributed by atoms with Crippen LogP contribution in [-0.4, -0.2) is 27.1 Å². The number of benzene rings is 2. The molecule has 1 aliphatic rings. The van der Waals surface area contributed by atoms with E-state index in [1.807, 2.05) is 25.4 Å². The largest absolute Gasteiger partial charge is 0.334 e.